The summed E-state index contributed by atoms with van der Waals surface area (Å²) in [5, 5.41) is 8.85. The lowest BCUT2D eigenvalue weighted by atomic mass is 10.2. The Morgan fingerprint density at radius 2 is 2.29 bits per heavy atom. The summed E-state index contributed by atoms with van der Waals surface area (Å²) < 4.78 is 20.6. The number of aliphatic hydroxyl groups is 1. The average Bonchev–Trinajstić information content (AvgIpc) is 2.73. The third-order valence-corrected chi connectivity index (χ3v) is 2.46. The van der Waals surface area contributed by atoms with E-state index >= 15 is 0 Å². The first kappa shape index (κ1) is 11.6. The zero-order chi connectivity index (χ0) is 12.3. The van der Waals surface area contributed by atoms with Crippen LogP contribution < -0.4 is 4.74 Å². The standard InChI is InChI=1S/C12H13FN2O2/c1-15-5-4-14-12(15)8-17-11-3-2-9(7-16)6-10(11)13/h2-6,16H,7-8H2,1H3. The van der Waals surface area contributed by atoms with Gasteiger partial charge in [-0.1, -0.05) is 6.07 Å². The summed E-state index contributed by atoms with van der Waals surface area (Å²) in [5.74, 6) is 0.395. The number of imidazole rings is 1. The van der Waals surface area contributed by atoms with Crippen LogP contribution in [0.5, 0.6) is 5.75 Å². The van der Waals surface area contributed by atoms with Crippen molar-refractivity contribution in [2.45, 2.75) is 13.2 Å². The van der Waals surface area contributed by atoms with Gasteiger partial charge < -0.3 is 14.4 Å². The van der Waals surface area contributed by atoms with Gasteiger partial charge in [0.2, 0.25) is 0 Å². The second-order valence-electron chi connectivity index (χ2n) is 3.67. The molecule has 0 fully saturated rings. The maximum Gasteiger partial charge on any atom is 0.165 e. The van der Waals surface area contributed by atoms with Crippen LogP contribution in [0.4, 0.5) is 4.39 Å². The van der Waals surface area contributed by atoms with E-state index in [0.29, 0.717) is 5.56 Å². The fraction of sp³-hybridized carbons (Fsp3) is 0.250. The van der Waals surface area contributed by atoms with Gasteiger partial charge in [0.15, 0.2) is 11.6 Å². The molecule has 4 nitrogen and oxygen atoms in total. The minimum atomic E-state index is -0.481. The number of aryl methyl sites for hydroxylation is 1. The van der Waals surface area contributed by atoms with E-state index in [9.17, 15) is 4.39 Å². The summed E-state index contributed by atoms with van der Waals surface area (Å²) in [6.45, 7) is 0.0233. The van der Waals surface area contributed by atoms with Crippen LogP contribution in [0.3, 0.4) is 0 Å². The second-order valence-corrected chi connectivity index (χ2v) is 3.67. The SMILES string of the molecule is Cn1ccnc1COc1ccc(CO)cc1F. The Kier molecular flexibility index (Phi) is 3.39. The molecule has 0 aliphatic carbocycles. The smallest absolute Gasteiger partial charge is 0.165 e. The molecule has 0 atom stereocenters. The number of halogens is 1. The molecule has 17 heavy (non-hydrogen) atoms. The van der Waals surface area contributed by atoms with Crippen LogP contribution in [0.25, 0.3) is 0 Å². The van der Waals surface area contributed by atoms with Crippen LogP contribution in [0.1, 0.15) is 11.4 Å². The van der Waals surface area contributed by atoms with Crippen LogP contribution in [0.2, 0.25) is 0 Å². The lowest BCUT2D eigenvalue weighted by Crippen LogP contribution is -2.04. The van der Waals surface area contributed by atoms with E-state index in [-0.39, 0.29) is 19.0 Å². The molecule has 0 aliphatic heterocycles. The highest BCUT2D eigenvalue weighted by Gasteiger charge is 2.06. The molecule has 1 N–H and O–H groups in total. The number of rotatable bonds is 4. The summed E-state index contributed by atoms with van der Waals surface area (Å²) in [6.07, 6.45) is 3.45. The highest BCUT2D eigenvalue weighted by atomic mass is 19.1. The van der Waals surface area contributed by atoms with Gasteiger partial charge >= 0.3 is 0 Å². The van der Waals surface area contributed by atoms with E-state index in [0.717, 1.165) is 5.82 Å². The largest absolute Gasteiger partial charge is 0.483 e. The quantitative estimate of drug-likeness (QED) is 0.877. The Morgan fingerprint density at radius 1 is 1.47 bits per heavy atom. The monoisotopic (exact) mass is 236 g/mol. The molecule has 1 aromatic heterocycles. The van der Waals surface area contributed by atoms with E-state index in [4.69, 9.17) is 9.84 Å². The van der Waals surface area contributed by atoms with E-state index in [2.05, 4.69) is 4.98 Å². The maximum absolute atomic E-state index is 13.5. The van der Waals surface area contributed by atoms with Crippen molar-refractivity contribution in [3.63, 3.8) is 0 Å². The Morgan fingerprint density at radius 3 is 2.88 bits per heavy atom. The molecule has 90 valence electrons. The first-order chi connectivity index (χ1) is 8.20. The Hall–Kier alpha value is -1.88. The molecule has 0 unspecified atom stereocenters. The van der Waals surface area contributed by atoms with E-state index in [1.54, 1.807) is 23.0 Å². The lowest BCUT2D eigenvalue weighted by Gasteiger charge is -2.08. The zero-order valence-corrected chi connectivity index (χ0v) is 9.43. The number of hydrogen-bond acceptors (Lipinski definition) is 3. The molecule has 1 heterocycles. The number of benzene rings is 1. The van der Waals surface area contributed by atoms with Gasteiger partial charge in [-0.15, -0.1) is 0 Å². The molecule has 2 rings (SSSR count). The fourth-order valence-electron chi connectivity index (χ4n) is 1.44. The van der Waals surface area contributed by atoms with Crippen molar-refractivity contribution in [3.05, 3.63) is 47.8 Å². The van der Waals surface area contributed by atoms with E-state index in [1.165, 1.54) is 12.1 Å². The summed E-state index contributed by atoms with van der Waals surface area (Å²) >= 11 is 0. The summed E-state index contributed by atoms with van der Waals surface area (Å²) in [6, 6.07) is 4.38. The minimum Gasteiger partial charge on any atom is -0.483 e. The predicted octanol–water partition coefficient (Wildman–Crippen LogP) is 1.63. The van der Waals surface area contributed by atoms with Gasteiger partial charge in [-0.3, -0.25) is 0 Å². The highest BCUT2D eigenvalue weighted by Crippen LogP contribution is 2.19. The first-order valence-electron chi connectivity index (χ1n) is 5.19. The van der Waals surface area contributed by atoms with Gasteiger partial charge in [0.25, 0.3) is 0 Å². The van der Waals surface area contributed by atoms with Crippen LogP contribution in [0, 0.1) is 5.82 Å². The molecule has 0 saturated heterocycles. The highest BCUT2D eigenvalue weighted by molar-refractivity contribution is 5.29. The molecule has 5 heteroatoms. The number of nitrogens with zero attached hydrogens (tertiary/aromatic N) is 2. The van der Waals surface area contributed by atoms with Gasteiger partial charge in [-0.05, 0) is 17.7 Å². The first-order valence-corrected chi connectivity index (χ1v) is 5.19. The number of aromatic nitrogens is 2. The maximum atomic E-state index is 13.5. The molecule has 0 aliphatic rings. The van der Waals surface area contributed by atoms with Crippen molar-refractivity contribution in [2.24, 2.45) is 7.05 Å². The third-order valence-electron chi connectivity index (χ3n) is 2.46. The van der Waals surface area contributed by atoms with E-state index in [1.807, 2.05) is 7.05 Å². The summed E-state index contributed by atoms with van der Waals surface area (Å²) in [5.41, 5.74) is 0.520. The normalized spacial score (nSPS) is 10.5. The molecular formula is C12H13FN2O2. The summed E-state index contributed by atoms with van der Waals surface area (Å²) in [7, 11) is 1.84. The zero-order valence-electron chi connectivity index (χ0n) is 9.43. The van der Waals surface area contributed by atoms with Gasteiger partial charge in [-0.25, -0.2) is 9.37 Å². The van der Waals surface area contributed by atoms with Crippen LogP contribution >= 0.6 is 0 Å². The number of aliphatic hydroxyl groups excluding tert-OH is 1. The third kappa shape index (κ3) is 2.62. The number of hydrogen-bond donors (Lipinski definition) is 1. The van der Waals surface area contributed by atoms with Crippen molar-refractivity contribution in [1.29, 1.82) is 0 Å². The van der Waals surface area contributed by atoms with Crippen molar-refractivity contribution < 1.29 is 14.2 Å². The molecule has 0 saturated carbocycles. The van der Waals surface area contributed by atoms with Gasteiger partial charge in [-0.2, -0.15) is 0 Å². The molecule has 2 aromatic rings. The number of ether oxygens (including phenoxy) is 1. The van der Waals surface area contributed by atoms with Crippen molar-refractivity contribution in [3.8, 4) is 5.75 Å². The van der Waals surface area contributed by atoms with Gasteiger partial charge in [0, 0.05) is 19.4 Å². The average molecular weight is 236 g/mol. The van der Waals surface area contributed by atoms with Crippen molar-refractivity contribution in [2.75, 3.05) is 0 Å². The van der Waals surface area contributed by atoms with Gasteiger partial charge in [0.05, 0.1) is 6.61 Å². The van der Waals surface area contributed by atoms with Crippen LogP contribution in [-0.4, -0.2) is 14.7 Å². The Bertz CT molecular complexity index is 511. The Balaban J connectivity index is 2.07. The Labute approximate surface area is 98.3 Å². The molecule has 0 spiro atoms. The molecule has 0 bridgehead atoms. The predicted molar refractivity (Wildman–Crippen MR) is 59.9 cm³/mol. The van der Waals surface area contributed by atoms with Crippen LogP contribution in [0.15, 0.2) is 30.6 Å². The summed E-state index contributed by atoms with van der Waals surface area (Å²) in [4.78, 5) is 4.07. The van der Waals surface area contributed by atoms with Crippen molar-refractivity contribution >= 4 is 0 Å². The molecular weight excluding hydrogens is 223 g/mol. The minimum absolute atomic E-state index is 0.158. The second kappa shape index (κ2) is 4.97. The van der Waals surface area contributed by atoms with Gasteiger partial charge in [0.1, 0.15) is 12.4 Å². The molecule has 1 aromatic carbocycles. The topological polar surface area (TPSA) is 47.3 Å². The van der Waals surface area contributed by atoms with E-state index < -0.39 is 5.82 Å². The fourth-order valence-corrected chi connectivity index (χ4v) is 1.44. The molecule has 0 radical (unpaired) electrons. The van der Waals surface area contributed by atoms with Crippen LogP contribution in [-0.2, 0) is 20.3 Å². The molecule has 0 amide bonds. The van der Waals surface area contributed by atoms with Crippen molar-refractivity contribution in [1.82, 2.24) is 9.55 Å². The lowest BCUT2D eigenvalue weighted by molar-refractivity contribution is 0.271.